The van der Waals surface area contributed by atoms with Crippen molar-refractivity contribution in [2.24, 2.45) is 5.92 Å². The molecular weight excluding hydrogens is 180 g/mol. The zero-order valence-corrected chi connectivity index (χ0v) is 7.85. The van der Waals surface area contributed by atoms with Crippen LogP contribution in [0.1, 0.15) is 12.1 Å². The number of carbonyl (C=O) groups is 1. The Morgan fingerprint density at radius 3 is 3.21 bits per heavy atom. The second-order valence-corrected chi connectivity index (χ2v) is 3.45. The van der Waals surface area contributed by atoms with Gasteiger partial charge in [-0.25, -0.2) is 4.98 Å². The van der Waals surface area contributed by atoms with Crippen LogP contribution in [0.25, 0.3) is 0 Å². The number of hydrogen-bond donors (Lipinski definition) is 0. The number of rotatable bonds is 3. The summed E-state index contributed by atoms with van der Waals surface area (Å²) in [6.45, 7) is 4.98. The second kappa shape index (κ2) is 3.65. The molecule has 1 atom stereocenters. The molecule has 4 heteroatoms. The van der Waals surface area contributed by atoms with E-state index in [2.05, 4.69) is 11.6 Å². The molecule has 0 aliphatic carbocycles. The first-order valence-electron chi connectivity index (χ1n) is 4.57. The van der Waals surface area contributed by atoms with E-state index in [1.807, 2.05) is 6.08 Å². The molecule has 0 aromatic carbocycles. The minimum absolute atomic E-state index is 0.165. The summed E-state index contributed by atoms with van der Waals surface area (Å²) in [6.07, 6.45) is 5.34. The highest BCUT2D eigenvalue weighted by atomic mass is 16.3. The highest BCUT2D eigenvalue weighted by Crippen LogP contribution is 2.19. The quantitative estimate of drug-likeness (QED) is 0.676. The molecule has 1 aliphatic rings. The van der Waals surface area contributed by atoms with Gasteiger partial charge in [-0.05, 0) is 0 Å². The molecule has 1 amide bonds. The normalized spacial score (nSPS) is 21.6. The molecule has 1 aromatic rings. The van der Waals surface area contributed by atoms with E-state index in [-0.39, 0.29) is 11.8 Å². The summed E-state index contributed by atoms with van der Waals surface area (Å²) in [5, 5.41) is 0. The summed E-state index contributed by atoms with van der Waals surface area (Å²) in [6, 6.07) is 0. The first-order chi connectivity index (χ1) is 6.79. The molecule has 4 nitrogen and oxygen atoms in total. The van der Waals surface area contributed by atoms with Gasteiger partial charge in [-0.1, -0.05) is 6.08 Å². The maximum atomic E-state index is 11.5. The van der Waals surface area contributed by atoms with Crippen molar-refractivity contribution >= 4 is 5.91 Å². The minimum atomic E-state index is 0.165. The molecule has 0 bridgehead atoms. The van der Waals surface area contributed by atoms with Crippen molar-refractivity contribution in [3.8, 4) is 0 Å². The predicted octanol–water partition coefficient (Wildman–Crippen LogP) is 1.21. The van der Waals surface area contributed by atoms with E-state index in [0.717, 1.165) is 12.2 Å². The minimum Gasteiger partial charge on any atom is -0.451 e. The van der Waals surface area contributed by atoms with E-state index in [9.17, 15) is 4.79 Å². The zero-order chi connectivity index (χ0) is 9.97. The van der Waals surface area contributed by atoms with Crippen LogP contribution in [0.4, 0.5) is 0 Å². The fourth-order valence-corrected chi connectivity index (χ4v) is 1.62. The maximum Gasteiger partial charge on any atom is 0.223 e. The Morgan fingerprint density at radius 2 is 2.64 bits per heavy atom. The molecule has 1 aliphatic heterocycles. The van der Waals surface area contributed by atoms with E-state index in [0.29, 0.717) is 13.0 Å². The van der Waals surface area contributed by atoms with Crippen molar-refractivity contribution in [1.82, 2.24) is 9.88 Å². The number of nitrogens with zero attached hydrogens (tertiary/aromatic N) is 2. The molecule has 2 rings (SSSR count). The standard InChI is InChI=1S/C10H12N2O2/c1-2-8-3-10(13)12(4-8)5-9-6-14-7-11-9/h2,6-8H,1,3-5H2. The lowest BCUT2D eigenvalue weighted by molar-refractivity contribution is -0.128. The van der Waals surface area contributed by atoms with Crippen LogP contribution in [-0.4, -0.2) is 22.3 Å². The van der Waals surface area contributed by atoms with Crippen LogP contribution in [0.5, 0.6) is 0 Å². The van der Waals surface area contributed by atoms with Crippen LogP contribution in [-0.2, 0) is 11.3 Å². The first-order valence-corrected chi connectivity index (χ1v) is 4.57. The van der Waals surface area contributed by atoms with Gasteiger partial charge in [-0.15, -0.1) is 6.58 Å². The molecule has 1 saturated heterocycles. The molecular formula is C10H12N2O2. The lowest BCUT2D eigenvalue weighted by Crippen LogP contribution is -2.24. The van der Waals surface area contributed by atoms with Gasteiger partial charge in [-0.3, -0.25) is 4.79 Å². The van der Waals surface area contributed by atoms with Gasteiger partial charge in [0.25, 0.3) is 0 Å². The van der Waals surface area contributed by atoms with Crippen molar-refractivity contribution in [3.05, 3.63) is 31.0 Å². The zero-order valence-electron chi connectivity index (χ0n) is 7.85. The summed E-state index contributed by atoms with van der Waals surface area (Å²) in [4.78, 5) is 17.3. The second-order valence-electron chi connectivity index (χ2n) is 3.45. The third-order valence-electron chi connectivity index (χ3n) is 2.41. The summed E-state index contributed by atoms with van der Waals surface area (Å²) in [5.41, 5.74) is 0.795. The van der Waals surface area contributed by atoms with E-state index in [4.69, 9.17) is 4.42 Å². The molecule has 1 fully saturated rings. The van der Waals surface area contributed by atoms with Crippen molar-refractivity contribution in [2.75, 3.05) is 6.54 Å². The number of hydrogen-bond acceptors (Lipinski definition) is 3. The molecule has 74 valence electrons. The van der Waals surface area contributed by atoms with Crippen molar-refractivity contribution in [1.29, 1.82) is 0 Å². The predicted molar refractivity (Wildman–Crippen MR) is 50.2 cm³/mol. The largest absolute Gasteiger partial charge is 0.451 e. The molecule has 14 heavy (non-hydrogen) atoms. The summed E-state index contributed by atoms with van der Waals surface area (Å²) in [7, 11) is 0. The highest BCUT2D eigenvalue weighted by Gasteiger charge is 2.27. The molecule has 0 N–H and O–H groups in total. The van der Waals surface area contributed by atoms with E-state index < -0.39 is 0 Å². The fraction of sp³-hybridized carbons (Fsp3) is 0.400. The average molecular weight is 192 g/mol. The van der Waals surface area contributed by atoms with Gasteiger partial charge in [0, 0.05) is 18.9 Å². The van der Waals surface area contributed by atoms with Gasteiger partial charge in [-0.2, -0.15) is 0 Å². The highest BCUT2D eigenvalue weighted by molar-refractivity contribution is 5.78. The molecule has 1 aromatic heterocycles. The summed E-state index contributed by atoms with van der Waals surface area (Å²) >= 11 is 0. The Kier molecular flexibility index (Phi) is 2.35. The monoisotopic (exact) mass is 192 g/mol. The average Bonchev–Trinajstić information content (AvgIpc) is 2.78. The van der Waals surface area contributed by atoms with Gasteiger partial charge >= 0.3 is 0 Å². The lowest BCUT2D eigenvalue weighted by Gasteiger charge is -2.13. The van der Waals surface area contributed by atoms with Gasteiger partial charge in [0.2, 0.25) is 5.91 Å². The van der Waals surface area contributed by atoms with Crippen LogP contribution in [0.2, 0.25) is 0 Å². The smallest absolute Gasteiger partial charge is 0.223 e. The number of amides is 1. The fourth-order valence-electron chi connectivity index (χ4n) is 1.62. The van der Waals surface area contributed by atoms with Crippen LogP contribution in [0.3, 0.4) is 0 Å². The van der Waals surface area contributed by atoms with Crippen LogP contribution < -0.4 is 0 Å². The summed E-state index contributed by atoms with van der Waals surface area (Å²) in [5.74, 6) is 0.451. The molecule has 2 heterocycles. The van der Waals surface area contributed by atoms with Crippen LogP contribution in [0, 0.1) is 5.92 Å². The van der Waals surface area contributed by atoms with Gasteiger partial charge in [0.05, 0.1) is 12.2 Å². The number of likely N-dealkylation sites (tertiary alicyclic amines) is 1. The van der Waals surface area contributed by atoms with E-state index >= 15 is 0 Å². The van der Waals surface area contributed by atoms with Gasteiger partial charge < -0.3 is 9.32 Å². The first kappa shape index (κ1) is 8.99. The van der Waals surface area contributed by atoms with E-state index in [1.165, 1.54) is 6.39 Å². The topological polar surface area (TPSA) is 46.3 Å². The van der Waals surface area contributed by atoms with Crippen molar-refractivity contribution in [3.63, 3.8) is 0 Å². The Bertz CT molecular complexity index is 332. The molecule has 0 saturated carbocycles. The number of aromatic nitrogens is 1. The molecule has 1 unspecified atom stereocenters. The van der Waals surface area contributed by atoms with Crippen LogP contribution >= 0.6 is 0 Å². The van der Waals surface area contributed by atoms with Crippen molar-refractivity contribution < 1.29 is 9.21 Å². The number of oxazole rings is 1. The third-order valence-corrected chi connectivity index (χ3v) is 2.41. The Balaban J connectivity index is 1.99. The molecule has 0 radical (unpaired) electrons. The Hall–Kier alpha value is -1.58. The van der Waals surface area contributed by atoms with E-state index in [1.54, 1.807) is 11.2 Å². The lowest BCUT2D eigenvalue weighted by atomic mass is 10.1. The Morgan fingerprint density at radius 1 is 1.79 bits per heavy atom. The SMILES string of the molecule is C=CC1CC(=O)N(Cc2cocn2)C1. The Labute approximate surface area is 82.2 Å². The molecule has 0 spiro atoms. The van der Waals surface area contributed by atoms with Crippen LogP contribution in [0.15, 0.2) is 29.7 Å². The van der Waals surface area contributed by atoms with Gasteiger partial charge in [0.1, 0.15) is 6.26 Å². The maximum absolute atomic E-state index is 11.5. The number of carbonyl (C=O) groups excluding carboxylic acids is 1. The van der Waals surface area contributed by atoms with Gasteiger partial charge in [0.15, 0.2) is 6.39 Å². The third kappa shape index (κ3) is 1.69. The van der Waals surface area contributed by atoms with Crippen molar-refractivity contribution in [2.45, 2.75) is 13.0 Å². The summed E-state index contributed by atoms with van der Waals surface area (Å²) < 4.78 is 4.84.